The summed E-state index contributed by atoms with van der Waals surface area (Å²) < 4.78 is 2.45. The van der Waals surface area contributed by atoms with Gasteiger partial charge in [-0.2, -0.15) is 0 Å². The van der Waals surface area contributed by atoms with Crippen LogP contribution >= 0.6 is 11.3 Å². The first-order valence-electron chi connectivity index (χ1n) is 8.56. The second kappa shape index (κ2) is 5.53. The molecule has 5 rings (SSSR count). The van der Waals surface area contributed by atoms with E-state index in [0.29, 0.717) is 0 Å². The fourth-order valence-corrected chi connectivity index (χ4v) is 5.03. The van der Waals surface area contributed by atoms with E-state index in [1.54, 1.807) is 11.3 Å². The number of imidazole rings is 1. The highest BCUT2D eigenvalue weighted by Gasteiger charge is 2.46. The summed E-state index contributed by atoms with van der Waals surface area (Å²) in [5.74, 6) is 1.30. The second-order valence-electron chi connectivity index (χ2n) is 6.91. The lowest BCUT2D eigenvalue weighted by atomic mass is 9.85. The smallest absolute Gasteiger partial charge is 0.116 e. The Morgan fingerprint density at radius 3 is 2.88 bits per heavy atom. The van der Waals surface area contributed by atoms with Gasteiger partial charge >= 0.3 is 0 Å². The predicted molar refractivity (Wildman–Crippen MR) is 96.0 cm³/mol. The minimum atomic E-state index is 0.240. The molecule has 5 heteroatoms. The molecule has 2 aliphatic rings. The molecule has 0 aromatic carbocycles. The average molecular weight is 336 g/mol. The molecule has 5 heterocycles. The first kappa shape index (κ1) is 14.4. The summed E-state index contributed by atoms with van der Waals surface area (Å²) in [5, 5.41) is 2.14. The molecule has 1 saturated heterocycles. The third-order valence-electron chi connectivity index (χ3n) is 5.46. The largest absolute Gasteiger partial charge is 0.327 e. The van der Waals surface area contributed by atoms with Gasteiger partial charge in [0, 0.05) is 31.2 Å². The maximum Gasteiger partial charge on any atom is 0.116 e. The van der Waals surface area contributed by atoms with Crippen LogP contribution in [0.15, 0.2) is 48.1 Å². The van der Waals surface area contributed by atoms with Crippen molar-refractivity contribution < 1.29 is 0 Å². The summed E-state index contributed by atoms with van der Waals surface area (Å²) in [4.78, 5) is 13.2. The number of pyridine rings is 1. The zero-order valence-corrected chi connectivity index (χ0v) is 14.4. The third-order valence-corrected chi connectivity index (χ3v) is 6.35. The Hall–Kier alpha value is -1.98. The Morgan fingerprint density at radius 1 is 1.08 bits per heavy atom. The van der Waals surface area contributed by atoms with Crippen LogP contribution in [0.25, 0.3) is 10.6 Å². The lowest BCUT2D eigenvalue weighted by Crippen LogP contribution is -2.29. The quantitative estimate of drug-likeness (QED) is 0.733. The monoisotopic (exact) mass is 336 g/mol. The van der Waals surface area contributed by atoms with Gasteiger partial charge in [-0.1, -0.05) is 12.1 Å². The molecule has 0 radical (unpaired) electrons. The highest BCUT2D eigenvalue weighted by molar-refractivity contribution is 7.13. The summed E-state index contributed by atoms with van der Waals surface area (Å²) in [7, 11) is 0. The molecular formula is C19H20N4S. The number of thiophene rings is 1. The number of likely N-dealkylation sites (tertiary alicyclic amines) is 1. The van der Waals surface area contributed by atoms with Crippen molar-refractivity contribution in [1.82, 2.24) is 19.4 Å². The van der Waals surface area contributed by atoms with Crippen molar-refractivity contribution in [3.8, 4) is 10.6 Å². The van der Waals surface area contributed by atoms with Crippen molar-refractivity contribution >= 4 is 11.3 Å². The number of fused-ring (bicyclic) bond motifs is 2. The summed E-state index contributed by atoms with van der Waals surface area (Å²) >= 11 is 1.80. The molecule has 3 aromatic rings. The van der Waals surface area contributed by atoms with Crippen molar-refractivity contribution in [3.05, 3.63) is 59.6 Å². The van der Waals surface area contributed by atoms with Crippen LogP contribution in [0.4, 0.5) is 0 Å². The zero-order chi connectivity index (χ0) is 16.0. The van der Waals surface area contributed by atoms with Crippen LogP contribution in [-0.4, -0.2) is 32.5 Å². The van der Waals surface area contributed by atoms with E-state index in [4.69, 9.17) is 4.98 Å². The molecule has 0 saturated carbocycles. The van der Waals surface area contributed by atoms with Gasteiger partial charge in [0.05, 0.1) is 22.5 Å². The van der Waals surface area contributed by atoms with Crippen molar-refractivity contribution in [2.24, 2.45) is 0 Å². The molecule has 0 bridgehead atoms. The fourth-order valence-electron chi connectivity index (χ4n) is 4.28. The topological polar surface area (TPSA) is 34.0 Å². The fraction of sp³-hybridized carbons (Fsp3) is 0.368. The Morgan fingerprint density at radius 2 is 2.04 bits per heavy atom. The van der Waals surface area contributed by atoms with Crippen LogP contribution in [0.2, 0.25) is 0 Å². The molecule has 24 heavy (non-hydrogen) atoms. The Balaban J connectivity index is 1.40. The zero-order valence-electron chi connectivity index (χ0n) is 13.6. The number of hydrogen-bond acceptors (Lipinski definition) is 4. The third kappa shape index (κ3) is 2.23. The molecule has 1 spiro atoms. The number of nitrogens with zero attached hydrogens (tertiary/aromatic N) is 4. The van der Waals surface area contributed by atoms with E-state index < -0.39 is 0 Å². The van der Waals surface area contributed by atoms with Crippen molar-refractivity contribution in [2.75, 3.05) is 13.1 Å². The average Bonchev–Trinajstić information content (AvgIpc) is 3.36. The van der Waals surface area contributed by atoms with Gasteiger partial charge in [0.15, 0.2) is 0 Å². The summed E-state index contributed by atoms with van der Waals surface area (Å²) in [5.41, 5.74) is 2.69. The standard InChI is InChI=1S/C19H20N4S/c1-2-8-20-15(4-1)13-22-9-6-19(14-22)7-10-23-16(12-21-18(19)23)17-5-3-11-24-17/h1-5,8,11-12H,6-7,9-10,13-14H2/t19-/m0/s1. The lowest BCUT2D eigenvalue weighted by molar-refractivity contribution is 0.296. The van der Waals surface area contributed by atoms with Gasteiger partial charge in [-0.3, -0.25) is 9.88 Å². The van der Waals surface area contributed by atoms with Gasteiger partial charge in [0.1, 0.15) is 5.82 Å². The van der Waals surface area contributed by atoms with E-state index in [-0.39, 0.29) is 5.41 Å². The van der Waals surface area contributed by atoms with Gasteiger partial charge in [-0.05, 0) is 43.0 Å². The maximum atomic E-state index is 4.86. The highest BCUT2D eigenvalue weighted by Crippen LogP contribution is 2.44. The van der Waals surface area contributed by atoms with Crippen LogP contribution in [0.5, 0.6) is 0 Å². The van der Waals surface area contributed by atoms with E-state index in [1.807, 2.05) is 12.3 Å². The first-order valence-corrected chi connectivity index (χ1v) is 9.44. The minimum Gasteiger partial charge on any atom is -0.327 e. The molecule has 2 aliphatic heterocycles. The Kier molecular flexibility index (Phi) is 3.31. The molecule has 4 nitrogen and oxygen atoms in total. The Labute approximate surface area is 145 Å². The molecule has 3 aromatic heterocycles. The predicted octanol–water partition coefficient (Wildman–Crippen LogP) is 3.55. The van der Waals surface area contributed by atoms with Gasteiger partial charge in [0.2, 0.25) is 0 Å². The van der Waals surface area contributed by atoms with Crippen molar-refractivity contribution in [3.63, 3.8) is 0 Å². The molecular weight excluding hydrogens is 316 g/mol. The highest BCUT2D eigenvalue weighted by atomic mass is 32.1. The van der Waals surface area contributed by atoms with Gasteiger partial charge < -0.3 is 4.57 Å². The second-order valence-corrected chi connectivity index (χ2v) is 7.86. The molecule has 0 unspecified atom stereocenters. The van der Waals surface area contributed by atoms with Crippen LogP contribution < -0.4 is 0 Å². The number of aromatic nitrogens is 3. The molecule has 122 valence electrons. The van der Waals surface area contributed by atoms with Crippen LogP contribution in [0.3, 0.4) is 0 Å². The van der Waals surface area contributed by atoms with Gasteiger partial charge in [-0.15, -0.1) is 11.3 Å². The lowest BCUT2D eigenvalue weighted by Gasteiger charge is -2.22. The molecule has 0 N–H and O–H groups in total. The SMILES string of the molecule is c1ccc(CN2CC[C@]3(CCn4c(-c5cccs5)cnc43)C2)nc1. The van der Waals surface area contributed by atoms with E-state index in [9.17, 15) is 0 Å². The van der Waals surface area contributed by atoms with Crippen LogP contribution in [-0.2, 0) is 18.5 Å². The van der Waals surface area contributed by atoms with Crippen LogP contribution in [0.1, 0.15) is 24.4 Å². The molecule has 1 atom stereocenters. The Bertz CT molecular complexity index is 840. The van der Waals surface area contributed by atoms with Crippen LogP contribution in [0, 0.1) is 0 Å². The summed E-state index contributed by atoms with van der Waals surface area (Å²) in [6.45, 7) is 4.28. The molecule has 1 fully saturated rings. The summed E-state index contributed by atoms with van der Waals surface area (Å²) in [6.07, 6.45) is 6.38. The number of rotatable bonds is 3. The van der Waals surface area contributed by atoms with Gasteiger partial charge in [-0.25, -0.2) is 4.98 Å². The molecule has 0 amide bonds. The normalized spacial score (nSPS) is 23.2. The minimum absolute atomic E-state index is 0.240. The van der Waals surface area contributed by atoms with Gasteiger partial charge in [0.25, 0.3) is 0 Å². The van der Waals surface area contributed by atoms with E-state index in [1.165, 1.54) is 29.2 Å². The van der Waals surface area contributed by atoms with E-state index >= 15 is 0 Å². The summed E-state index contributed by atoms with van der Waals surface area (Å²) in [6, 6.07) is 10.5. The van der Waals surface area contributed by atoms with Crippen molar-refractivity contribution in [2.45, 2.75) is 31.3 Å². The molecule has 0 aliphatic carbocycles. The van der Waals surface area contributed by atoms with E-state index in [2.05, 4.69) is 50.3 Å². The maximum absolute atomic E-state index is 4.86. The first-order chi connectivity index (χ1) is 11.8. The van der Waals surface area contributed by atoms with Crippen molar-refractivity contribution in [1.29, 1.82) is 0 Å². The van der Waals surface area contributed by atoms with E-state index in [0.717, 1.165) is 31.9 Å². The number of hydrogen-bond donors (Lipinski definition) is 0.